The molecule has 100 valence electrons. The minimum atomic E-state index is -0.403. The van der Waals surface area contributed by atoms with Gasteiger partial charge in [0.05, 0.1) is 16.8 Å². The van der Waals surface area contributed by atoms with E-state index < -0.39 is 6.03 Å². The van der Waals surface area contributed by atoms with E-state index in [9.17, 15) is 4.79 Å². The van der Waals surface area contributed by atoms with Crippen LogP contribution in [0.15, 0.2) is 35.1 Å². The number of aromatic nitrogens is 1. The molecule has 1 heterocycles. The van der Waals surface area contributed by atoms with Crippen LogP contribution in [0.4, 0.5) is 10.5 Å². The summed E-state index contributed by atoms with van der Waals surface area (Å²) in [4.78, 5) is 11.8. The zero-order valence-corrected chi connectivity index (χ0v) is 11.5. The van der Waals surface area contributed by atoms with Gasteiger partial charge >= 0.3 is 6.03 Å². The maximum absolute atomic E-state index is 11.8. The standard InChI is InChI=1S/C12H11Cl2N3O2/c1-7(10-4-5-19-17-10)15-12(18)16-11-6-8(13)2-3-9(11)14/h2-7H,1H3,(H2,15,16,18)/t7-/m1/s1. The van der Waals surface area contributed by atoms with Crippen LogP contribution >= 0.6 is 23.2 Å². The van der Waals surface area contributed by atoms with Gasteiger partial charge in [0.2, 0.25) is 0 Å². The number of nitrogens with one attached hydrogen (secondary N) is 2. The fourth-order valence-corrected chi connectivity index (χ4v) is 1.80. The highest BCUT2D eigenvalue weighted by atomic mass is 35.5. The predicted molar refractivity (Wildman–Crippen MR) is 73.5 cm³/mol. The first-order valence-corrected chi connectivity index (χ1v) is 6.24. The third-order valence-corrected chi connectivity index (χ3v) is 2.99. The number of hydrogen-bond acceptors (Lipinski definition) is 3. The maximum Gasteiger partial charge on any atom is 0.319 e. The number of nitrogens with zero attached hydrogens (tertiary/aromatic N) is 1. The van der Waals surface area contributed by atoms with Crippen LogP contribution in [0, 0.1) is 0 Å². The molecular formula is C12H11Cl2N3O2. The number of rotatable bonds is 3. The number of carbonyl (C=O) groups is 1. The highest BCUT2D eigenvalue weighted by Gasteiger charge is 2.13. The molecule has 2 aromatic rings. The SMILES string of the molecule is C[C@@H](NC(=O)Nc1cc(Cl)ccc1Cl)c1ccon1. The molecule has 7 heteroatoms. The second-order valence-electron chi connectivity index (χ2n) is 3.87. The van der Waals surface area contributed by atoms with Crippen LogP contribution in [0.3, 0.4) is 0 Å². The van der Waals surface area contributed by atoms with Gasteiger partial charge in [-0.2, -0.15) is 0 Å². The number of halogens is 2. The van der Waals surface area contributed by atoms with E-state index in [2.05, 4.69) is 15.8 Å². The molecule has 1 aromatic heterocycles. The fourth-order valence-electron chi connectivity index (χ4n) is 1.47. The summed E-state index contributed by atoms with van der Waals surface area (Å²) in [6.45, 7) is 1.79. The van der Waals surface area contributed by atoms with Crippen molar-refractivity contribution in [3.63, 3.8) is 0 Å². The van der Waals surface area contributed by atoms with Crippen molar-refractivity contribution >= 4 is 34.9 Å². The number of amides is 2. The molecule has 1 atom stereocenters. The van der Waals surface area contributed by atoms with Crippen LogP contribution in [0.5, 0.6) is 0 Å². The lowest BCUT2D eigenvalue weighted by molar-refractivity contribution is 0.249. The Hall–Kier alpha value is -1.72. The van der Waals surface area contributed by atoms with Gasteiger partial charge < -0.3 is 15.2 Å². The second-order valence-corrected chi connectivity index (χ2v) is 4.71. The van der Waals surface area contributed by atoms with Gasteiger partial charge in [-0.1, -0.05) is 28.4 Å². The van der Waals surface area contributed by atoms with Crippen LogP contribution in [0.1, 0.15) is 18.7 Å². The van der Waals surface area contributed by atoms with E-state index in [1.54, 1.807) is 31.2 Å². The minimum Gasteiger partial charge on any atom is -0.364 e. The Bertz CT molecular complexity index is 572. The zero-order valence-electron chi connectivity index (χ0n) is 9.98. The molecule has 0 unspecified atom stereocenters. The van der Waals surface area contributed by atoms with Crippen LogP contribution in [-0.2, 0) is 0 Å². The normalized spacial score (nSPS) is 11.9. The number of benzene rings is 1. The van der Waals surface area contributed by atoms with Crippen molar-refractivity contribution < 1.29 is 9.32 Å². The molecule has 0 bridgehead atoms. The van der Waals surface area contributed by atoms with E-state index in [4.69, 9.17) is 27.7 Å². The first-order chi connectivity index (χ1) is 9.06. The van der Waals surface area contributed by atoms with E-state index in [0.29, 0.717) is 21.4 Å². The van der Waals surface area contributed by atoms with Crippen molar-refractivity contribution in [2.75, 3.05) is 5.32 Å². The van der Waals surface area contributed by atoms with Crippen LogP contribution in [-0.4, -0.2) is 11.2 Å². The molecule has 0 aliphatic rings. The van der Waals surface area contributed by atoms with Gasteiger partial charge in [0.1, 0.15) is 12.0 Å². The lowest BCUT2D eigenvalue weighted by atomic mass is 10.2. The van der Waals surface area contributed by atoms with Crippen LogP contribution in [0.25, 0.3) is 0 Å². The Morgan fingerprint density at radius 1 is 1.37 bits per heavy atom. The highest BCUT2D eigenvalue weighted by Crippen LogP contribution is 2.25. The summed E-state index contributed by atoms with van der Waals surface area (Å²) in [5, 5.41) is 9.97. The molecule has 0 aliphatic heterocycles. The molecule has 19 heavy (non-hydrogen) atoms. The number of anilines is 1. The van der Waals surface area contributed by atoms with Crippen molar-refractivity contribution in [2.24, 2.45) is 0 Å². The fraction of sp³-hybridized carbons (Fsp3) is 0.167. The van der Waals surface area contributed by atoms with Crippen molar-refractivity contribution in [1.82, 2.24) is 10.5 Å². The predicted octanol–water partition coefficient (Wildman–Crippen LogP) is 3.86. The monoisotopic (exact) mass is 299 g/mol. The molecule has 0 radical (unpaired) electrons. The second kappa shape index (κ2) is 5.95. The maximum atomic E-state index is 11.8. The summed E-state index contributed by atoms with van der Waals surface area (Å²) >= 11 is 11.8. The molecule has 0 fully saturated rings. The topological polar surface area (TPSA) is 67.2 Å². The van der Waals surface area contributed by atoms with Gasteiger partial charge in [-0.05, 0) is 25.1 Å². The number of urea groups is 1. The first kappa shape index (κ1) is 13.7. The van der Waals surface area contributed by atoms with Crippen LogP contribution < -0.4 is 10.6 Å². The number of carbonyl (C=O) groups excluding carboxylic acids is 1. The zero-order chi connectivity index (χ0) is 13.8. The van der Waals surface area contributed by atoms with Crippen molar-refractivity contribution in [2.45, 2.75) is 13.0 Å². The Labute approximate surface area is 119 Å². The Kier molecular flexibility index (Phi) is 4.29. The van der Waals surface area contributed by atoms with Gasteiger partial charge in [0.25, 0.3) is 0 Å². The Morgan fingerprint density at radius 2 is 2.16 bits per heavy atom. The molecule has 1 aromatic carbocycles. The summed E-state index contributed by atoms with van der Waals surface area (Å²) in [6, 6.07) is 5.82. The lowest BCUT2D eigenvalue weighted by Crippen LogP contribution is -2.31. The molecule has 0 aliphatic carbocycles. The van der Waals surface area contributed by atoms with Crippen molar-refractivity contribution in [1.29, 1.82) is 0 Å². The molecule has 2 rings (SSSR count). The van der Waals surface area contributed by atoms with E-state index >= 15 is 0 Å². The van der Waals surface area contributed by atoms with Crippen molar-refractivity contribution in [3.05, 3.63) is 46.3 Å². The van der Waals surface area contributed by atoms with E-state index in [1.807, 2.05) is 0 Å². The third-order valence-electron chi connectivity index (χ3n) is 2.43. The summed E-state index contributed by atoms with van der Waals surface area (Å²) < 4.78 is 4.71. The lowest BCUT2D eigenvalue weighted by Gasteiger charge is -2.13. The van der Waals surface area contributed by atoms with E-state index in [-0.39, 0.29) is 6.04 Å². The smallest absolute Gasteiger partial charge is 0.319 e. The molecule has 0 spiro atoms. The highest BCUT2D eigenvalue weighted by molar-refractivity contribution is 6.35. The van der Waals surface area contributed by atoms with Gasteiger partial charge in [-0.3, -0.25) is 0 Å². The summed E-state index contributed by atoms with van der Waals surface area (Å²) in [7, 11) is 0. The quantitative estimate of drug-likeness (QED) is 0.904. The largest absolute Gasteiger partial charge is 0.364 e. The molecule has 5 nitrogen and oxygen atoms in total. The summed E-state index contributed by atoms with van der Waals surface area (Å²) in [5.41, 5.74) is 1.08. The van der Waals surface area contributed by atoms with Gasteiger partial charge in [0.15, 0.2) is 0 Å². The van der Waals surface area contributed by atoms with Crippen molar-refractivity contribution in [3.8, 4) is 0 Å². The number of hydrogen-bond donors (Lipinski definition) is 2. The molecular weight excluding hydrogens is 289 g/mol. The van der Waals surface area contributed by atoms with E-state index in [1.165, 1.54) is 6.26 Å². The van der Waals surface area contributed by atoms with Gasteiger partial charge in [-0.25, -0.2) is 4.79 Å². The average molecular weight is 300 g/mol. The summed E-state index contributed by atoms with van der Waals surface area (Å²) in [6.07, 6.45) is 1.44. The van der Waals surface area contributed by atoms with Crippen LogP contribution in [0.2, 0.25) is 10.0 Å². The first-order valence-electron chi connectivity index (χ1n) is 5.49. The molecule has 2 N–H and O–H groups in total. The minimum absolute atomic E-state index is 0.281. The van der Waals surface area contributed by atoms with Gasteiger partial charge in [0, 0.05) is 11.1 Å². The Balaban J connectivity index is 1.99. The Morgan fingerprint density at radius 3 is 2.84 bits per heavy atom. The molecule has 0 saturated heterocycles. The molecule has 0 saturated carbocycles. The van der Waals surface area contributed by atoms with Gasteiger partial charge in [-0.15, -0.1) is 0 Å². The average Bonchev–Trinajstić information content (AvgIpc) is 2.87. The van der Waals surface area contributed by atoms with E-state index in [0.717, 1.165) is 0 Å². The third kappa shape index (κ3) is 3.62. The molecule has 2 amide bonds. The summed E-state index contributed by atoms with van der Waals surface area (Å²) in [5.74, 6) is 0.